The van der Waals surface area contributed by atoms with Crippen molar-refractivity contribution in [2.45, 2.75) is 13.0 Å². The van der Waals surface area contributed by atoms with Crippen LogP contribution in [0.3, 0.4) is 0 Å². The highest BCUT2D eigenvalue weighted by molar-refractivity contribution is 9.10. The van der Waals surface area contributed by atoms with E-state index in [1.807, 2.05) is 24.3 Å². The van der Waals surface area contributed by atoms with Crippen LogP contribution >= 0.6 is 27.5 Å². The summed E-state index contributed by atoms with van der Waals surface area (Å²) in [5.74, 6) is -0.262. The van der Waals surface area contributed by atoms with Crippen LogP contribution in [0.15, 0.2) is 53.0 Å². The van der Waals surface area contributed by atoms with E-state index in [-0.39, 0.29) is 11.8 Å². The van der Waals surface area contributed by atoms with Gasteiger partial charge in [-0.15, -0.1) is 0 Å². The van der Waals surface area contributed by atoms with E-state index < -0.39 is 6.04 Å². The van der Waals surface area contributed by atoms with Crippen LogP contribution in [0.4, 0.5) is 5.69 Å². The molecule has 0 bridgehead atoms. The fraction of sp³-hybridized carbons (Fsp3) is 0.222. The second-order valence-electron chi connectivity index (χ2n) is 5.65. The van der Waals surface area contributed by atoms with Crippen LogP contribution in [0.1, 0.15) is 17.3 Å². The summed E-state index contributed by atoms with van der Waals surface area (Å²) < 4.78 is 0.915. The van der Waals surface area contributed by atoms with Crippen molar-refractivity contribution < 1.29 is 9.59 Å². The number of hydrogen-bond acceptors (Lipinski definition) is 2. The number of amides is 2. The van der Waals surface area contributed by atoms with Crippen LogP contribution in [0.5, 0.6) is 0 Å². The van der Waals surface area contributed by atoms with E-state index in [1.54, 1.807) is 41.0 Å². The average Bonchev–Trinajstić information content (AvgIpc) is 2.56. The lowest BCUT2D eigenvalue weighted by molar-refractivity contribution is -0.124. The number of hydrogen-bond donors (Lipinski definition) is 0. The molecule has 6 heteroatoms. The summed E-state index contributed by atoms with van der Waals surface area (Å²) in [7, 11) is 0. The summed E-state index contributed by atoms with van der Waals surface area (Å²) in [5.41, 5.74) is 1.33. The molecule has 1 aliphatic heterocycles. The van der Waals surface area contributed by atoms with Gasteiger partial charge in [-0.25, -0.2) is 0 Å². The highest BCUT2D eigenvalue weighted by Crippen LogP contribution is 2.25. The molecule has 1 fully saturated rings. The van der Waals surface area contributed by atoms with E-state index in [9.17, 15) is 9.59 Å². The molecule has 0 spiro atoms. The normalized spacial score (nSPS) is 18.0. The van der Waals surface area contributed by atoms with Crippen molar-refractivity contribution >= 4 is 45.0 Å². The maximum atomic E-state index is 12.7. The van der Waals surface area contributed by atoms with Gasteiger partial charge in [0.15, 0.2) is 0 Å². The molecule has 0 N–H and O–H groups in total. The van der Waals surface area contributed by atoms with Gasteiger partial charge in [0.2, 0.25) is 5.91 Å². The lowest BCUT2D eigenvalue weighted by Gasteiger charge is -2.39. The molecule has 2 aromatic carbocycles. The lowest BCUT2D eigenvalue weighted by Crippen LogP contribution is -2.57. The Hall–Kier alpha value is -1.85. The molecule has 1 saturated heterocycles. The van der Waals surface area contributed by atoms with Gasteiger partial charge in [0.1, 0.15) is 6.04 Å². The summed E-state index contributed by atoms with van der Waals surface area (Å²) >= 11 is 9.38. The first-order valence-electron chi connectivity index (χ1n) is 7.61. The number of carbonyl (C=O) groups is 2. The van der Waals surface area contributed by atoms with E-state index in [1.165, 1.54) is 0 Å². The summed E-state index contributed by atoms with van der Waals surface area (Å²) in [4.78, 5) is 28.8. The van der Waals surface area contributed by atoms with Crippen LogP contribution < -0.4 is 4.90 Å². The SMILES string of the molecule is C[C@@H]1C(=O)N(c2cccc(Br)c2)CCN1C(=O)c1cccc(Cl)c1. The topological polar surface area (TPSA) is 40.6 Å². The third-order valence-corrected chi connectivity index (χ3v) is 4.84. The number of nitrogens with zero attached hydrogens (tertiary/aromatic N) is 2. The van der Waals surface area contributed by atoms with Crippen molar-refractivity contribution in [2.75, 3.05) is 18.0 Å². The summed E-state index contributed by atoms with van der Waals surface area (Å²) in [5, 5.41) is 0.507. The van der Waals surface area contributed by atoms with Gasteiger partial charge in [0.25, 0.3) is 5.91 Å². The first-order chi connectivity index (χ1) is 11.5. The zero-order chi connectivity index (χ0) is 17.3. The van der Waals surface area contributed by atoms with Crippen LogP contribution in [0.2, 0.25) is 5.02 Å². The Kier molecular flexibility index (Phi) is 4.92. The van der Waals surface area contributed by atoms with Crippen LogP contribution in [0.25, 0.3) is 0 Å². The highest BCUT2D eigenvalue weighted by Gasteiger charge is 2.35. The van der Waals surface area contributed by atoms with Crippen molar-refractivity contribution in [3.05, 3.63) is 63.6 Å². The van der Waals surface area contributed by atoms with Gasteiger partial charge in [-0.2, -0.15) is 0 Å². The van der Waals surface area contributed by atoms with Crippen LogP contribution in [0, 0.1) is 0 Å². The van der Waals surface area contributed by atoms with E-state index >= 15 is 0 Å². The van der Waals surface area contributed by atoms with Gasteiger partial charge < -0.3 is 9.80 Å². The fourth-order valence-electron chi connectivity index (χ4n) is 2.84. The molecule has 1 aliphatic rings. The zero-order valence-electron chi connectivity index (χ0n) is 13.1. The second kappa shape index (κ2) is 6.95. The van der Waals surface area contributed by atoms with Gasteiger partial charge in [-0.1, -0.05) is 39.7 Å². The minimum Gasteiger partial charge on any atom is -0.325 e. The Bertz CT molecular complexity index is 796. The molecule has 1 atom stereocenters. The predicted molar refractivity (Wildman–Crippen MR) is 98.4 cm³/mol. The smallest absolute Gasteiger partial charge is 0.254 e. The molecule has 2 aromatic rings. The zero-order valence-corrected chi connectivity index (χ0v) is 15.4. The first-order valence-corrected chi connectivity index (χ1v) is 8.78. The third kappa shape index (κ3) is 3.32. The summed E-state index contributed by atoms with van der Waals surface area (Å²) in [6, 6.07) is 13.9. The Morgan fingerprint density at radius 2 is 1.92 bits per heavy atom. The number of anilines is 1. The first kappa shape index (κ1) is 17.0. The molecule has 24 heavy (non-hydrogen) atoms. The van der Waals surface area contributed by atoms with E-state index in [0.29, 0.717) is 23.7 Å². The van der Waals surface area contributed by atoms with E-state index in [2.05, 4.69) is 15.9 Å². The number of carbonyl (C=O) groups excluding carboxylic acids is 2. The van der Waals surface area contributed by atoms with Crippen LogP contribution in [-0.4, -0.2) is 35.8 Å². The minimum atomic E-state index is -0.524. The molecule has 0 unspecified atom stereocenters. The van der Waals surface area contributed by atoms with Crippen molar-refractivity contribution in [3.8, 4) is 0 Å². The van der Waals surface area contributed by atoms with E-state index in [0.717, 1.165) is 10.2 Å². The molecule has 4 nitrogen and oxygen atoms in total. The number of benzene rings is 2. The number of piperazine rings is 1. The van der Waals surface area contributed by atoms with Crippen molar-refractivity contribution in [2.24, 2.45) is 0 Å². The Labute approximate surface area is 154 Å². The van der Waals surface area contributed by atoms with Gasteiger partial charge in [-0.05, 0) is 43.3 Å². The van der Waals surface area contributed by atoms with E-state index in [4.69, 9.17) is 11.6 Å². The lowest BCUT2D eigenvalue weighted by atomic mass is 10.1. The number of rotatable bonds is 2. The summed E-state index contributed by atoms with van der Waals surface area (Å²) in [6.45, 7) is 2.70. The Balaban J connectivity index is 1.81. The quantitative estimate of drug-likeness (QED) is 0.755. The molecular formula is C18H16BrClN2O2. The second-order valence-corrected chi connectivity index (χ2v) is 7.01. The van der Waals surface area contributed by atoms with Crippen molar-refractivity contribution in [1.82, 2.24) is 4.90 Å². The molecule has 3 rings (SSSR count). The third-order valence-electron chi connectivity index (χ3n) is 4.11. The Morgan fingerprint density at radius 1 is 1.17 bits per heavy atom. The summed E-state index contributed by atoms with van der Waals surface area (Å²) in [6.07, 6.45) is 0. The highest BCUT2D eigenvalue weighted by atomic mass is 79.9. The van der Waals surface area contributed by atoms with Gasteiger partial charge in [-0.3, -0.25) is 9.59 Å². The van der Waals surface area contributed by atoms with Gasteiger partial charge in [0.05, 0.1) is 0 Å². The molecular weight excluding hydrogens is 392 g/mol. The van der Waals surface area contributed by atoms with Crippen molar-refractivity contribution in [3.63, 3.8) is 0 Å². The maximum absolute atomic E-state index is 12.7. The largest absolute Gasteiger partial charge is 0.325 e. The standard InChI is InChI=1S/C18H16BrClN2O2/c1-12-17(23)22(16-7-3-5-14(19)11-16)9-8-21(12)18(24)13-4-2-6-15(20)10-13/h2-7,10-12H,8-9H2,1H3/t12-/m1/s1. The molecule has 0 radical (unpaired) electrons. The molecule has 0 aromatic heterocycles. The fourth-order valence-corrected chi connectivity index (χ4v) is 3.41. The molecule has 0 aliphatic carbocycles. The minimum absolute atomic E-state index is 0.0882. The molecule has 124 valence electrons. The van der Waals surface area contributed by atoms with Gasteiger partial charge >= 0.3 is 0 Å². The van der Waals surface area contributed by atoms with Crippen molar-refractivity contribution in [1.29, 1.82) is 0 Å². The number of halogens is 2. The molecule has 0 saturated carbocycles. The molecule has 1 heterocycles. The van der Waals surface area contributed by atoms with Gasteiger partial charge in [0, 0.05) is 33.8 Å². The predicted octanol–water partition coefficient (Wildman–Crippen LogP) is 3.98. The average molecular weight is 408 g/mol. The maximum Gasteiger partial charge on any atom is 0.254 e. The van der Waals surface area contributed by atoms with Crippen LogP contribution in [-0.2, 0) is 4.79 Å². The monoisotopic (exact) mass is 406 g/mol. The Morgan fingerprint density at radius 3 is 2.62 bits per heavy atom. The molecule has 2 amide bonds.